The number of halogens is 1. The van der Waals surface area contributed by atoms with Crippen LogP contribution in [0.5, 0.6) is 0 Å². The van der Waals surface area contributed by atoms with Crippen LogP contribution in [-0.4, -0.2) is 14.2 Å². The average molecular weight is 177 g/mol. The van der Waals surface area contributed by atoms with Gasteiger partial charge in [-0.2, -0.15) is 0 Å². The quantitative estimate of drug-likeness (QED) is 0.618. The molecule has 50 valence electrons. The van der Waals surface area contributed by atoms with Crippen molar-refractivity contribution in [2.24, 2.45) is 0 Å². The van der Waals surface area contributed by atoms with Gasteiger partial charge in [-0.05, 0) is 10.7 Å². The Morgan fingerprint density at radius 2 is 1.88 bits per heavy atom. The molecule has 0 bridgehead atoms. The summed E-state index contributed by atoms with van der Waals surface area (Å²) in [5.41, 5.74) is 0. The monoisotopic (exact) mass is 176 g/mol. The largest absolute Gasteiger partial charge is 0.403 e. The highest BCUT2D eigenvalue weighted by molar-refractivity contribution is 8.66. The molecule has 0 aliphatic carbocycles. The molecule has 0 heterocycles. The molecule has 0 aliphatic heterocycles. The van der Waals surface area contributed by atoms with Gasteiger partial charge in [0, 0.05) is 14.2 Å². The maximum Gasteiger partial charge on any atom is 0.403 e. The average Bonchev–Trinajstić information content (AvgIpc) is 1.87. The molecule has 0 aromatic carbocycles. The molecule has 0 aliphatic rings. The number of rotatable bonds is 3. The Morgan fingerprint density at radius 1 is 1.50 bits per heavy atom. The Labute approximate surface area is 56.5 Å². The molecule has 6 heteroatoms. The number of hydrogen-bond acceptors (Lipinski definition) is 4. The van der Waals surface area contributed by atoms with Gasteiger partial charge in [0.15, 0.2) is 0 Å². The van der Waals surface area contributed by atoms with Crippen LogP contribution in [0.4, 0.5) is 0 Å². The molecule has 0 radical (unpaired) electrons. The third-order valence-electron chi connectivity index (χ3n) is 0.532. The lowest BCUT2D eigenvalue weighted by Crippen LogP contribution is -1.78. The zero-order valence-corrected chi connectivity index (χ0v) is 6.93. The predicted molar refractivity (Wildman–Crippen MR) is 35.1 cm³/mol. The van der Waals surface area contributed by atoms with Crippen LogP contribution < -0.4 is 0 Å². The van der Waals surface area contributed by atoms with E-state index in [9.17, 15) is 4.57 Å². The highest BCUT2D eigenvalue weighted by Crippen LogP contribution is 2.61. The molecule has 0 spiro atoms. The molecule has 0 saturated carbocycles. The van der Waals surface area contributed by atoms with Gasteiger partial charge < -0.3 is 9.05 Å². The van der Waals surface area contributed by atoms with Gasteiger partial charge in [-0.15, -0.1) is 0 Å². The summed E-state index contributed by atoms with van der Waals surface area (Å²) in [6, 6.07) is 0. The summed E-state index contributed by atoms with van der Waals surface area (Å²) in [4.78, 5) is 0. The summed E-state index contributed by atoms with van der Waals surface area (Å²) in [5.74, 6) is 0. The molecule has 0 atom stereocenters. The summed E-state index contributed by atoms with van der Waals surface area (Å²) >= 11 is 0. The zero-order valence-electron chi connectivity index (χ0n) is 4.46. The van der Waals surface area contributed by atoms with Crippen LogP contribution in [0.15, 0.2) is 0 Å². The number of hydrogen-bond donors (Lipinski definition) is 0. The van der Waals surface area contributed by atoms with Crippen molar-refractivity contribution in [3.8, 4) is 0 Å². The molecule has 0 unspecified atom stereocenters. The first kappa shape index (κ1) is 8.79. The summed E-state index contributed by atoms with van der Waals surface area (Å²) < 4.78 is 19.5. The van der Waals surface area contributed by atoms with Crippen LogP contribution in [0.3, 0.4) is 0 Å². The second kappa shape index (κ2) is 3.75. The van der Waals surface area contributed by atoms with Crippen molar-refractivity contribution in [2.75, 3.05) is 14.2 Å². The van der Waals surface area contributed by atoms with Crippen LogP contribution in [0.25, 0.3) is 0 Å². The van der Waals surface area contributed by atoms with Crippen LogP contribution in [-0.2, 0) is 13.6 Å². The van der Waals surface area contributed by atoms with Crippen molar-refractivity contribution in [1.29, 1.82) is 0 Å². The van der Waals surface area contributed by atoms with Crippen LogP contribution in [0.2, 0.25) is 0 Å². The summed E-state index contributed by atoms with van der Waals surface area (Å²) in [6.07, 6.45) is 0. The molecule has 8 heavy (non-hydrogen) atoms. The van der Waals surface area contributed by atoms with Gasteiger partial charge in [-0.25, -0.2) is 4.57 Å². The van der Waals surface area contributed by atoms with Crippen LogP contribution >= 0.6 is 28.1 Å². The lowest BCUT2D eigenvalue weighted by atomic mass is 11.8. The zero-order chi connectivity index (χ0) is 6.62. The van der Waals surface area contributed by atoms with E-state index in [0.717, 1.165) is 0 Å². The second-order valence-electron chi connectivity index (χ2n) is 0.881. The summed E-state index contributed by atoms with van der Waals surface area (Å²) in [6.45, 7) is -2.98. The molecule has 0 aromatic rings. The highest BCUT2D eigenvalue weighted by Gasteiger charge is 2.19. The van der Waals surface area contributed by atoms with Gasteiger partial charge in [0.25, 0.3) is 0 Å². The minimum absolute atomic E-state index is 0.556. The minimum Gasteiger partial charge on any atom is -0.303 e. The third-order valence-corrected chi connectivity index (χ3v) is 4.52. The van der Waals surface area contributed by atoms with Crippen LogP contribution in [0, 0.1) is 0 Å². The van der Waals surface area contributed by atoms with E-state index in [4.69, 9.17) is 10.7 Å². The van der Waals surface area contributed by atoms with Crippen LogP contribution in [0.1, 0.15) is 0 Å². The normalized spacial score (nSPS) is 11.9. The van der Waals surface area contributed by atoms with E-state index in [1.54, 1.807) is 0 Å². The summed E-state index contributed by atoms with van der Waals surface area (Å²) in [7, 11) is 8.22. The van der Waals surface area contributed by atoms with E-state index in [0.29, 0.717) is 10.6 Å². The fourth-order valence-corrected chi connectivity index (χ4v) is 1.74. The van der Waals surface area contributed by atoms with E-state index in [2.05, 4.69) is 9.05 Å². The molecule has 0 aromatic heterocycles. The molecular formula is C2H6ClO3PS. The van der Waals surface area contributed by atoms with Crippen molar-refractivity contribution in [1.82, 2.24) is 0 Å². The Hall–Kier alpha value is 0.790. The SMILES string of the molecule is COP(=O)(OC)SCl. The molecule has 0 rings (SSSR count). The first-order valence-electron chi connectivity index (χ1n) is 1.70. The standard InChI is InChI=1S/C2H6ClO3PS/c1-5-7(4,6-2)8-3/h1-2H3. The van der Waals surface area contributed by atoms with E-state index in [1.807, 2.05) is 0 Å². The third kappa shape index (κ3) is 2.37. The van der Waals surface area contributed by atoms with Gasteiger partial charge in [0.05, 0.1) is 10.6 Å². The van der Waals surface area contributed by atoms with Gasteiger partial charge in [0.1, 0.15) is 0 Å². The lowest BCUT2D eigenvalue weighted by Gasteiger charge is -2.05. The Balaban J connectivity index is 3.79. The summed E-state index contributed by atoms with van der Waals surface area (Å²) in [5, 5.41) is 0. The Bertz CT molecular complexity index is 88.4. The minimum atomic E-state index is -2.98. The highest BCUT2D eigenvalue weighted by atomic mass is 35.7. The first-order valence-corrected chi connectivity index (χ1v) is 5.49. The second-order valence-corrected chi connectivity index (χ2v) is 5.64. The smallest absolute Gasteiger partial charge is 0.303 e. The predicted octanol–water partition coefficient (Wildman–Crippen LogP) is 2.27. The van der Waals surface area contributed by atoms with E-state index in [-0.39, 0.29) is 0 Å². The van der Waals surface area contributed by atoms with Gasteiger partial charge in [0.2, 0.25) is 0 Å². The van der Waals surface area contributed by atoms with E-state index >= 15 is 0 Å². The molecule has 0 fully saturated rings. The first-order chi connectivity index (χ1) is 3.68. The van der Waals surface area contributed by atoms with Crippen molar-refractivity contribution in [2.45, 2.75) is 0 Å². The Kier molecular flexibility index (Phi) is 4.12. The molecule has 0 N–H and O–H groups in total. The Morgan fingerprint density at radius 3 is 1.88 bits per heavy atom. The van der Waals surface area contributed by atoms with Crippen molar-refractivity contribution >= 4 is 28.1 Å². The molecule has 0 amide bonds. The van der Waals surface area contributed by atoms with Gasteiger partial charge >= 0.3 is 6.80 Å². The van der Waals surface area contributed by atoms with E-state index in [1.165, 1.54) is 14.2 Å². The molecular weight excluding hydrogens is 171 g/mol. The molecule has 0 saturated heterocycles. The topological polar surface area (TPSA) is 35.5 Å². The molecule has 3 nitrogen and oxygen atoms in total. The van der Waals surface area contributed by atoms with Gasteiger partial charge in [-0.3, -0.25) is 0 Å². The maximum atomic E-state index is 10.7. The maximum absolute atomic E-state index is 10.7. The van der Waals surface area contributed by atoms with E-state index < -0.39 is 6.80 Å². The lowest BCUT2D eigenvalue weighted by molar-refractivity contribution is 0.295. The fourth-order valence-electron chi connectivity index (χ4n) is 0.131. The fraction of sp³-hybridized carbons (Fsp3) is 1.00. The van der Waals surface area contributed by atoms with Crippen molar-refractivity contribution in [3.63, 3.8) is 0 Å². The van der Waals surface area contributed by atoms with Gasteiger partial charge in [-0.1, -0.05) is 0 Å². The van der Waals surface area contributed by atoms with Crippen molar-refractivity contribution < 1.29 is 13.6 Å². The van der Waals surface area contributed by atoms with Crippen molar-refractivity contribution in [3.05, 3.63) is 0 Å².